The lowest BCUT2D eigenvalue weighted by Crippen LogP contribution is -2.41. The third-order valence-electron chi connectivity index (χ3n) is 4.08. The summed E-state index contributed by atoms with van der Waals surface area (Å²) in [4.78, 5) is 25.5. The maximum absolute atomic E-state index is 12.4. The number of carbonyl (C=O) groups is 2. The topological polar surface area (TPSA) is 75.4 Å². The van der Waals surface area contributed by atoms with Crippen molar-refractivity contribution in [2.75, 3.05) is 27.2 Å². The van der Waals surface area contributed by atoms with Crippen molar-refractivity contribution in [3.63, 3.8) is 0 Å². The van der Waals surface area contributed by atoms with Crippen LogP contribution in [-0.4, -0.2) is 43.9 Å². The minimum absolute atomic E-state index is 0.0249. The molecule has 1 fully saturated rings. The Balaban J connectivity index is 2.49. The maximum atomic E-state index is 12.4. The van der Waals surface area contributed by atoms with E-state index in [9.17, 15) is 9.59 Å². The number of rotatable bonds is 5. The van der Waals surface area contributed by atoms with E-state index in [1.54, 1.807) is 19.0 Å². The second-order valence-electron chi connectivity index (χ2n) is 5.70. The Hall–Kier alpha value is -1.10. The van der Waals surface area contributed by atoms with E-state index in [0.29, 0.717) is 19.0 Å². The van der Waals surface area contributed by atoms with E-state index >= 15 is 0 Å². The van der Waals surface area contributed by atoms with Crippen LogP contribution in [-0.2, 0) is 9.59 Å². The molecule has 0 saturated heterocycles. The molecule has 0 aliphatic heterocycles. The summed E-state index contributed by atoms with van der Waals surface area (Å²) < 4.78 is 0. The van der Waals surface area contributed by atoms with Gasteiger partial charge in [-0.1, -0.05) is 13.3 Å². The van der Waals surface area contributed by atoms with Crippen LogP contribution in [0.15, 0.2) is 0 Å². The number of nitrogens with one attached hydrogen (secondary N) is 1. The fourth-order valence-electron chi connectivity index (χ4n) is 2.87. The molecular formula is C14H27N3O2. The van der Waals surface area contributed by atoms with Crippen LogP contribution >= 0.6 is 0 Å². The monoisotopic (exact) mass is 269 g/mol. The van der Waals surface area contributed by atoms with Crippen molar-refractivity contribution in [1.29, 1.82) is 0 Å². The third-order valence-corrected chi connectivity index (χ3v) is 4.08. The first-order chi connectivity index (χ1) is 8.99. The summed E-state index contributed by atoms with van der Waals surface area (Å²) in [5.41, 5.74) is 5.70. The van der Waals surface area contributed by atoms with Crippen molar-refractivity contribution in [2.45, 2.75) is 32.6 Å². The smallest absolute Gasteiger partial charge is 0.225 e. The lowest BCUT2D eigenvalue weighted by atomic mass is 9.81. The number of carbonyl (C=O) groups excluding carboxylic acids is 2. The second-order valence-corrected chi connectivity index (χ2v) is 5.70. The van der Waals surface area contributed by atoms with E-state index in [1.807, 2.05) is 6.92 Å². The van der Waals surface area contributed by atoms with Crippen molar-refractivity contribution in [2.24, 2.45) is 23.5 Å². The lowest BCUT2D eigenvalue weighted by Gasteiger charge is -2.31. The van der Waals surface area contributed by atoms with Crippen LogP contribution in [0.1, 0.15) is 32.6 Å². The summed E-state index contributed by atoms with van der Waals surface area (Å²) in [7, 11) is 3.40. The molecule has 0 aromatic heterocycles. The molecule has 0 heterocycles. The molecule has 3 atom stereocenters. The average molecular weight is 269 g/mol. The zero-order valence-corrected chi connectivity index (χ0v) is 12.3. The van der Waals surface area contributed by atoms with E-state index in [2.05, 4.69) is 5.32 Å². The first kappa shape index (κ1) is 16.0. The summed E-state index contributed by atoms with van der Waals surface area (Å²) in [6.45, 7) is 2.98. The number of hydrogen-bond donors (Lipinski definition) is 2. The Morgan fingerprint density at radius 3 is 2.68 bits per heavy atom. The standard InChI is InChI=1S/C14H27N3O2/c1-10(13(18)16-2)9-17(3)14(19)12-6-4-5-11(7-12)8-15/h10-12H,4-9,15H2,1-3H3,(H,16,18). The van der Waals surface area contributed by atoms with Gasteiger partial charge in [-0.05, 0) is 31.7 Å². The fraction of sp³-hybridized carbons (Fsp3) is 0.857. The molecule has 0 bridgehead atoms. The van der Waals surface area contributed by atoms with Crippen molar-refractivity contribution in [3.8, 4) is 0 Å². The van der Waals surface area contributed by atoms with E-state index in [1.165, 1.54) is 0 Å². The molecule has 1 aliphatic rings. The summed E-state index contributed by atoms with van der Waals surface area (Å²) in [6.07, 6.45) is 4.07. The van der Waals surface area contributed by atoms with Crippen molar-refractivity contribution < 1.29 is 9.59 Å². The molecule has 0 aromatic rings. The molecule has 5 nitrogen and oxygen atoms in total. The number of nitrogens with two attached hydrogens (primary N) is 1. The fourth-order valence-corrected chi connectivity index (χ4v) is 2.87. The molecule has 0 spiro atoms. The normalized spacial score (nSPS) is 24.6. The van der Waals surface area contributed by atoms with Crippen LogP contribution < -0.4 is 11.1 Å². The molecule has 3 unspecified atom stereocenters. The molecule has 0 aromatic carbocycles. The first-order valence-electron chi connectivity index (χ1n) is 7.16. The summed E-state index contributed by atoms with van der Waals surface area (Å²) in [5.74, 6) is 0.529. The Bertz CT molecular complexity index is 320. The molecule has 1 rings (SSSR count). The zero-order chi connectivity index (χ0) is 14.4. The van der Waals surface area contributed by atoms with Crippen molar-refractivity contribution in [1.82, 2.24) is 10.2 Å². The number of nitrogens with zero attached hydrogens (tertiary/aromatic N) is 1. The molecule has 1 saturated carbocycles. The molecule has 19 heavy (non-hydrogen) atoms. The highest BCUT2D eigenvalue weighted by atomic mass is 16.2. The molecular weight excluding hydrogens is 242 g/mol. The van der Waals surface area contributed by atoms with Gasteiger partial charge in [0.2, 0.25) is 11.8 Å². The van der Waals surface area contributed by atoms with Crippen molar-refractivity contribution in [3.05, 3.63) is 0 Å². The Kier molecular flexibility index (Phi) is 6.28. The lowest BCUT2D eigenvalue weighted by molar-refractivity contribution is -0.137. The minimum Gasteiger partial charge on any atom is -0.359 e. The largest absolute Gasteiger partial charge is 0.359 e. The van der Waals surface area contributed by atoms with Gasteiger partial charge in [0, 0.05) is 26.6 Å². The average Bonchev–Trinajstić information content (AvgIpc) is 2.45. The molecule has 1 aliphatic carbocycles. The Morgan fingerprint density at radius 2 is 2.11 bits per heavy atom. The summed E-state index contributed by atoms with van der Waals surface area (Å²) in [5, 5.41) is 2.61. The van der Waals surface area contributed by atoms with Gasteiger partial charge in [-0.2, -0.15) is 0 Å². The van der Waals surface area contributed by atoms with Gasteiger partial charge >= 0.3 is 0 Å². The quantitative estimate of drug-likeness (QED) is 0.767. The highest BCUT2D eigenvalue weighted by molar-refractivity contribution is 5.81. The molecule has 2 amide bonds. The SMILES string of the molecule is CNC(=O)C(C)CN(C)C(=O)C1CCCC(CN)C1. The first-order valence-corrected chi connectivity index (χ1v) is 7.16. The maximum Gasteiger partial charge on any atom is 0.225 e. The zero-order valence-electron chi connectivity index (χ0n) is 12.3. The Morgan fingerprint density at radius 1 is 1.42 bits per heavy atom. The van der Waals surface area contributed by atoms with Gasteiger partial charge in [-0.3, -0.25) is 9.59 Å². The minimum atomic E-state index is -0.173. The third kappa shape index (κ3) is 4.49. The van der Waals surface area contributed by atoms with Crippen LogP contribution in [0.3, 0.4) is 0 Å². The molecule has 110 valence electrons. The van der Waals surface area contributed by atoms with Gasteiger partial charge in [-0.25, -0.2) is 0 Å². The highest BCUT2D eigenvalue weighted by Crippen LogP contribution is 2.29. The number of hydrogen-bond acceptors (Lipinski definition) is 3. The van der Waals surface area contributed by atoms with Crippen LogP contribution in [0, 0.1) is 17.8 Å². The van der Waals surface area contributed by atoms with Crippen LogP contribution in [0.5, 0.6) is 0 Å². The van der Waals surface area contributed by atoms with E-state index in [4.69, 9.17) is 5.73 Å². The summed E-state index contributed by atoms with van der Waals surface area (Å²) in [6, 6.07) is 0. The van der Waals surface area contributed by atoms with Gasteiger partial charge in [0.1, 0.15) is 0 Å². The van der Waals surface area contributed by atoms with E-state index < -0.39 is 0 Å². The van der Waals surface area contributed by atoms with E-state index in [0.717, 1.165) is 25.7 Å². The summed E-state index contributed by atoms with van der Waals surface area (Å²) >= 11 is 0. The van der Waals surface area contributed by atoms with Gasteiger partial charge < -0.3 is 16.0 Å². The Labute approximate surface area is 115 Å². The molecule has 5 heteroatoms. The van der Waals surface area contributed by atoms with Crippen LogP contribution in [0.2, 0.25) is 0 Å². The van der Waals surface area contributed by atoms with Crippen LogP contribution in [0.25, 0.3) is 0 Å². The predicted octanol–water partition coefficient (Wildman–Crippen LogP) is 0.592. The van der Waals surface area contributed by atoms with Gasteiger partial charge in [0.25, 0.3) is 0 Å². The number of amides is 2. The van der Waals surface area contributed by atoms with Crippen LogP contribution in [0.4, 0.5) is 0 Å². The van der Waals surface area contributed by atoms with Crippen molar-refractivity contribution >= 4 is 11.8 Å². The van der Waals surface area contributed by atoms with E-state index in [-0.39, 0.29) is 23.7 Å². The predicted molar refractivity (Wildman–Crippen MR) is 75.4 cm³/mol. The van der Waals surface area contributed by atoms with Gasteiger partial charge in [0.05, 0.1) is 5.92 Å². The highest BCUT2D eigenvalue weighted by Gasteiger charge is 2.29. The van der Waals surface area contributed by atoms with Gasteiger partial charge in [-0.15, -0.1) is 0 Å². The second kappa shape index (κ2) is 7.48. The molecule has 0 radical (unpaired) electrons. The molecule has 3 N–H and O–H groups in total. The van der Waals surface area contributed by atoms with Gasteiger partial charge in [0.15, 0.2) is 0 Å².